The Labute approximate surface area is 132 Å². The van der Waals surface area contributed by atoms with Crippen LogP contribution < -0.4 is 5.32 Å². The second-order valence-electron chi connectivity index (χ2n) is 5.31. The van der Waals surface area contributed by atoms with E-state index >= 15 is 0 Å². The van der Waals surface area contributed by atoms with Gasteiger partial charge in [-0.1, -0.05) is 6.07 Å². The van der Waals surface area contributed by atoms with E-state index in [9.17, 15) is 0 Å². The molecule has 0 amide bonds. The fraction of sp³-hybridized carbons (Fsp3) is 0.375. The zero-order chi connectivity index (χ0) is 14.2. The van der Waals surface area contributed by atoms with Crippen molar-refractivity contribution in [2.75, 3.05) is 11.9 Å². The van der Waals surface area contributed by atoms with Crippen molar-refractivity contribution in [2.45, 2.75) is 32.6 Å². The molecule has 5 heteroatoms. The summed E-state index contributed by atoms with van der Waals surface area (Å²) >= 11 is 3.63. The lowest BCUT2D eigenvalue weighted by atomic mass is 10.2. The zero-order valence-corrected chi connectivity index (χ0v) is 13.6. The van der Waals surface area contributed by atoms with Gasteiger partial charge in [0.2, 0.25) is 0 Å². The molecule has 1 aliphatic rings. The molecule has 0 spiro atoms. The maximum Gasteiger partial charge on any atom is 0.138 e. The summed E-state index contributed by atoms with van der Waals surface area (Å²) in [5.74, 6) is 1.97. The van der Waals surface area contributed by atoms with Gasteiger partial charge in [0.1, 0.15) is 16.5 Å². The highest BCUT2D eigenvalue weighted by molar-refractivity contribution is 7.19. The van der Waals surface area contributed by atoms with Crippen molar-refractivity contribution in [3.8, 4) is 0 Å². The van der Waals surface area contributed by atoms with Gasteiger partial charge in [0.15, 0.2) is 0 Å². The molecule has 0 saturated carbocycles. The van der Waals surface area contributed by atoms with Gasteiger partial charge in [-0.3, -0.25) is 0 Å². The molecule has 3 aromatic heterocycles. The molecular weight excluding hydrogens is 298 g/mol. The first kappa shape index (κ1) is 13.2. The van der Waals surface area contributed by atoms with E-state index in [4.69, 9.17) is 9.97 Å². The lowest BCUT2D eigenvalue weighted by Crippen LogP contribution is -2.04. The SMILES string of the molecule is CCNc1nc(Cc2cccs2)nc2sc3c(c12)CCC3. The maximum absolute atomic E-state index is 4.83. The van der Waals surface area contributed by atoms with Crippen LogP contribution in [-0.4, -0.2) is 16.5 Å². The highest BCUT2D eigenvalue weighted by atomic mass is 32.1. The van der Waals surface area contributed by atoms with Crippen molar-refractivity contribution in [1.29, 1.82) is 0 Å². The van der Waals surface area contributed by atoms with E-state index in [1.54, 1.807) is 11.3 Å². The Morgan fingerprint density at radius 3 is 3.05 bits per heavy atom. The number of hydrogen-bond donors (Lipinski definition) is 1. The quantitative estimate of drug-likeness (QED) is 0.781. The van der Waals surface area contributed by atoms with E-state index in [2.05, 4.69) is 29.8 Å². The van der Waals surface area contributed by atoms with Crippen molar-refractivity contribution in [2.24, 2.45) is 0 Å². The molecule has 1 N–H and O–H groups in total. The summed E-state index contributed by atoms with van der Waals surface area (Å²) in [5.41, 5.74) is 1.49. The van der Waals surface area contributed by atoms with Gasteiger partial charge < -0.3 is 5.32 Å². The molecule has 108 valence electrons. The first-order chi connectivity index (χ1) is 10.3. The summed E-state index contributed by atoms with van der Waals surface area (Å²) in [7, 11) is 0. The lowest BCUT2D eigenvalue weighted by molar-refractivity contribution is 0.916. The van der Waals surface area contributed by atoms with Crippen LogP contribution in [0.3, 0.4) is 0 Å². The lowest BCUT2D eigenvalue weighted by Gasteiger charge is -2.08. The number of anilines is 1. The topological polar surface area (TPSA) is 37.8 Å². The van der Waals surface area contributed by atoms with Crippen molar-refractivity contribution in [3.05, 3.63) is 38.7 Å². The second kappa shape index (κ2) is 5.39. The van der Waals surface area contributed by atoms with Gasteiger partial charge in [0.25, 0.3) is 0 Å². The first-order valence-corrected chi connectivity index (χ1v) is 9.12. The summed E-state index contributed by atoms with van der Waals surface area (Å²) in [6.07, 6.45) is 4.50. The Morgan fingerprint density at radius 1 is 1.29 bits per heavy atom. The van der Waals surface area contributed by atoms with Crippen LogP contribution in [0, 0.1) is 0 Å². The van der Waals surface area contributed by atoms with Crippen LogP contribution in [0.1, 0.15) is 34.5 Å². The van der Waals surface area contributed by atoms with Crippen LogP contribution in [0.4, 0.5) is 5.82 Å². The maximum atomic E-state index is 4.83. The molecule has 0 saturated heterocycles. The van der Waals surface area contributed by atoms with Crippen LogP contribution in [0.15, 0.2) is 17.5 Å². The minimum absolute atomic E-state index is 0.828. The third-order valence-corrected chi connectivity index (χ3v) is 5.93. The number of fused-ring (bicyclic) bond motifs is 3. The van der Waals surface area contributed by atoms with Gasteiger partial charge in [0.05, 0.1) is 5.39 Å². The second-order valence-corrected chi connectivity index (χ2v) is 7.43. The van der Waals surface area contributed by atoms with E-state index in [-0.39, 0.29) is 0 Å². The van der Waals surface area contributed by atoms with Gasteiger partial charge in [-0.25, -0.2) is 9.97 Å². The van der Waals surface area contributed by atoms with Crippen LogP contribution in [0.25, 0.3) is 10.2 Å². The van der Waals surface area contributed by atoms with Crippen LogP contribution >= 0.6 is 22.7 Å². The van der Waals surface area contributed by atoms with E-state index < -0.39 is 0 Å². The Kier molecular flexibility index (Phi) is 3.39. The predicted octanol–water partition coefficient (Wildman–Crippen LogP) is 4.26. The van der Waals surface area contributed by atoms with Crippen molar-refractivity contribution < 1.29 is 0 Å². The molecule has 3 nitrogen and oxygen atoms in total. The minimum atomic E-state index is 0.828. The van der Waals surface area contributed by atoms with Crippen molar-refractivity contribution >= 4 is 38.7 Å². The van der Waals surface area contributed by atoms with Crippen LogP contribution in [0.2, 0.25) is 0 Å². The molecule has 0 aromatic carbocycles. The normalized spacial score (nSPS) is 13.8. The highest BCUT2D eigenvalue weighted by Gasteiger charge is 2.22. The number of hydrogen-bond acceptors (Lipinski definition) is 5. The molecule has 0 aliphatic heterocycles. The van der Waals surface area contributed by atoms with Gasteiger partial charge >= 0.3 is 0 Å². The summed E-state index contributed by atoms with van der Waals surface area (Å²) in [6.45, 7) is 3.02. The van der Waals surface area contributed by atoms with Gasteiger partial charge in [-0.05, 0) is 43.2 Å². The first-order valence-electron chi connectivity index (χ1n) is 7.42. The van der Waals surface area contributed by atoms with E-state index in [0.29, 0.717) is 0 Å². The van der Waals surface area contributed by atoms with Gasteiger partial charge in [0, 0.05) is 22.7 Å². The number of aryl methyl sites for hydroxylation is 2. The van der Waals surface area contributed by atoms with Gasteiger partial charge in [-0.15, -0.1) is 22.7 Å². The van der Waals surface area contributed by atoms with Crippen molar-refractivity contribution in [1.82, 2.24) is 9.97 Å². The Morgan fingerprint density at radius 2 is 2.24 bits per heavy atom. The molecule has 3 aromatic rings. The number of thiophene rings is 2. The van der Waals surface area contributed by atoms with Crippen molar-refractivity contribution in [3.63, 3.8) is 0 Å². The fourth-order valence-corrected chi connectivity index (χ4v) is 4.96. The summed E-state index contributed by atoms with van der Waals surface area (Å²) in [5, 5.41) is 6.84. The minimum Gasteiger partial charge on any atom is -0.370 e. The number of nitrogens with zero attached hydrogens (tertiary/aromatic N) is 2. The Balaban J connectivity index is 1.83. The summed E-state index contributed by atoms with van der Waals surface area (Å²) in [6, 6.07) is 4.24. The summed E-state index contributed by atoms with van der Waals surface area (Å²) in [4.78, 5) is 13.6. The molecule has 0 atom stereocenters. The number of rotatable bonds is 4. The summed E-state index contributed by atoms with van der Waals surface area (Å²) < 4.78 is 0. The smallest absolute Gasteiger partial charge is 0.138 e. The third kappa shape index (κ3) is 2.34. The molecule has 0 fully saturated rings. The molecule has 21 heavy (non-hydrogen) atoms. The monoisotopic (exact) mass is 315 g/mol. The molecule has 1 aliphatic carbocycles. The molecule has 0 bridgehead atoms. The predicted molar refractivity (Wildman–Crippen MR) is 90.7 cm³/mol. The highest BCUT2D eigenvalue weighted by Crippen LogP contribution is 2.39. The van der Waals surface area contributed by atoms with E-state index in [0.717, 1.165) is 29.4 Å². The standard InChI is InChI=1S/C16H17N3S2/c1-2-17-15-14-11-6-3-7-12(11)21-16(14)19-13(18-15)9-10-5-4-8-20-10/h4-5,8H,2-3,6-7,9H2,1H3,(H,17,18,19). The molecular formula is C16H17N3S2. The number of nitrogens with one attached hydrogen (secondary N) is 1. The number of aromatic nitrogens is 2. The third-order valence-electron chi connectivity index (χ3n) is 3.87. The fourth-order valence-electron chi connectivity index (χ4n) is 2.98. The van der Waals surface area contributed by atoms with Crippen LogP contribution in [0.5, 0.6) is 0 Å². The Hall–Kier alpha value is -1.46. The van der Waals surface area contributed by atoms with E-state index in [1.165, 1.54) is 40.0 Å². The average Bonchev–Trinajstić information content (AvgIpc) is 3.14. The van der Waals surface area contributed by atoms with E-state index in [1.807, 2.05) is 11.3 Å². The molecule has 3 heterocycles. The average molecular weight is 315 g/mol. The Bertz CT molecular complexity index is 775. The zero-order valence-electron chi connectivity index (χ0n) is 12.0. The molecule has 0 radical (unpaired) electrons. The van der Waals surface area contributed by atoms with Crippen LogP contribution in [-0.2, 0) is 19.3 Å². The molecule has 0 unspecified atom stereocenters. The molecule has 4 rings (SSSR count). The largest absolute Gasteiger partial charge is 0.370 e. The van der Waals surface area contributed by atoms with Gasteiger partial charge in [-0.2, -0.15) is 0 Å².